The van der Waals surface area contributed by atoms with Crippen LogP contribution in [0.4, 0.5) is 0 Å². The highest BCUT2D eigenvalue weighted by Crippen LogP contribution is 2.19. The zero-order valence-corrected chi connectivity index (χ0v) is 11.6. The number of nitrogens with one attached hydrogen (secondary N) is 1. The summed E-state index contributed by atoms with van der Waals surface area (Å²) in [6.45, 7) is 6.84. The number of tetrazole rings is 1. The molecule has 1 rings (SSSR count). The maximum absolute atomic E-state index is 11.8. The third-order valence-electron chi connectivity index (χ3n) is 2.15. The van der Waals surface area contributed by atoms with Crippen molar-refractivity contribution in [3.63, 3.8) is 0 Å². The van der Waals surface area contributed by atoms with E-state index in [0.717, 1.165) is 0 Å². The molecule has 18 heavy (non-hydrogen) atoms. The Hall–Kier alpha value is -1.15. The summed E-state index contributed by atoms with van der Waals surface area (Å²) < 4.78 is 1.48. The van der Waals surface area contributed by atoms with Crippen LogP contribution in [-0.2, 0) is 11.3 Å². The summed E-state index contributed by atoms with van der Waals surface area (Å²) >= 11 is 1.28. The van der Waals surface area contributed by atoms with Crippen LogP contribution >= 0.6 is 11.8 Å². The summed E-state index contributed by atoms with van der Waals surface area (Å²) in [6.07, 6.45) is 0. The van der Waals surface area contributed by atoms with Gasteiger partial charge in [-0.1, -0.05) is 25.6 Å². The number of carbonyl (C=O) groups excluding carboxylic acids is 1. The van der Waals surface area contributed by atoms with Crippen molar-refractivity contribution in [1.29, 1.82) is 0 Å². The summed E-state index contributed by atoms with van der Waals surface area (Å²) in [4.78, 5) is 11.8. The van der Waals surface area contributed by atoms with E-state index in [2.05, 4.69) is 20.8 Å². The number of amides is 1. The van der Waals surface area contributed by atoms with E-state index in [0.29, 0.717) is 24.2 Å². The number of aromatic nitrogens is 4. The van der Waals surface area contributed by atoms with E-state index in [4.69, 9.17) is 5.11 Å². The molecule has 1 atom stereocenters. The lowest BCUT2D eigenvalue weighted by molar-refractivity contribution is -0.120. The Balaban J connectivity index is 2.50. The van der Waals surface area contributed by atoms with Gasteiger partial charge in [0.15, 0.2) is 0 Å². The molecule has 0 aromatic carbocycles. The van der Waals surface area contributed by atoms with Gasteiger partial charge in [0.05, 0.1) is 18.4 Å². The van der Waals surface area contributed by atoms with Crippen molar-refractivity contribution in [2.75, 3.05) is 13.2 Å². The Labute approximate surface area is 110 Å². The summed E-state index contributed by atoms with van der Waals surface area (Å²) in [7, 11) is 0. The normalized spacial score (nSPS) is 12.7. The van der Waals surface area contributed by atoms with E-state index in [1.165, 1.54) is 16.4 Å². The molecule has 0 spiro atoms. The van der Waals surface area contributed by atoms with Crippen LogP contribution in [0.5, 0.6) is 0 Å². The Kier molecular flexibility index (Phi) is 6.06. The highest BCUT2D eigenvalue weighted by Gasteiger charge is 2.18. The van der Waals surface area contributed by atoms with Crippen LogP contribution in [0.15, 0.2) is 5.16 Å². The second kappa shape index (κ2) is 7.32. The van der Waals surface area contributed by atoms with Crippen molar-refractivity contribution in [1.82, 2.24) is 25.5 Å². The Morgan fingerprint density at radius 1 is 1.50 bits per heavy atom. The van der Waals surface area contributed by atoms with Gasteiger partial charge in [-0.25, -0.2) is 4.68 Å². The van der Waals surface area contributed by atoms with Crippen LogP contribution in [0.2, 0.25) is 0 Å². The van der Waals surface area contributed by atoms with Crippen molar-refractivity contribution < 1.29 is 9.90 Å². The lowest BCUT2D eigenvalue weighted by Gasteiger charge is -2.12. The molecule has 2 N–H and O–H groups in total. The number of carbonyl (C=O) groups is 1. The van der Waals surface area contributed by atoms with Gasteiger partial charge in [-0.2, -0.15) is 0 Å². The number of hydrogen-bond donors (Lipinski definition) is 2. The molecule has 0 fully saturated rings. The van der Waals surface area contributed by atoms with E-state index < -0.39 is 0 Å². The van der Waals surface area contributed by atoms with Crippen molar-refractivity contribution in [2.45, 2.75) is 37.7 Å². The van der Waals surface area contributed by atoms with E-state index in [1.54, 1.807) is 6.92 Å². The monoisotopic (exact) mass is 273 g/mol. The lowest BCUT2D eigenvalue weighted by Crippen LogP contribution is -2.33. The number of thioether (sulfide) groups is 1. The molecule has 1 aromatic rings. The van der Waals surface area contributed by atoms with Gasteiger partial charge in [0.2, 0.25) is 11.1 Å². The van der Waals surface area contributed by atoms with Crippen LogP contribution in [0, 0.1) is 5.92 Å². The topological polar surface area (TPSA) is 92.9 Å². The number of aliphatic hydroxyl groups is 1. The fourth-order valence-corrected chi connectivity index (χ4v) is 2.02. The third-order valence-corrected chi connectivity index (χ3v) is 3.22. The molecule has 1 aromatic heterocycles. The van der Waals surface area contributed by atoms with Gasteiger partial charge in [-0.3, -0.25) is 4.79 Å². The number of hydrogen-bond acceptors (Lipinski definition) is 6. The van der Waals surface area contributed by atoms with Gasteiger partial charge in [0, 0.05) is 6.54 Å². The van der Waals surface area contributed by atoms with Crippen molar-refractivity contribution in [3.05, 3.63) is 0 Å². The smallest absolute Gasteiger partial charge is 0.233 e. The summed E-state index contributed by atoms with van der Waals surface area (Å²) in [5.74, 6) is 0.387. The minimum absolute atomic E-state index is 0.0350. The molecule has 0 bridgehead atoms. The predicted molar refractivity (Wildman–Crippen MR) is 68.1 cm³/mol. The fourth-order valence-electron chi connectivity index (χ4n) is 1.18. The molecular formula is C10H19N5O2S. The van der Waals surface area contributed by atoms with Gasteiger partial charge >= 0.3 is 0 Å². The molecule has 0 saturated carbocycles. The van der Waals surface area contributed by atoms with Gasteiger partial charge in [-0.15, -0.1) is 5.10 Å². The number of nitrogens with zero attached hydrogens (tertiary/aromatic N) is 4. The van der Waals surface area contributed by atoms with Crippen LogP contribution in [0.3, 0.4) is 0 Å². The first-order valence-electron chi connectivity index (χ1n) is 5.86. The average molecular weight is 273 g/mol. The SMILES string of the molecule is CC(C)CNC(=O)C(C)Sc1nnnn1CCO. The quantitative estimate of drug-likeness (QED) is 0.675. The van der Waals surface area contributed by atoms with Crippen molar-refractivity contribution >= 4 is 17.7 Å². The highest BCUT2D eigenvalue weighted by atomic mass is 32.2. The Morgan fingerprint density at radius 2 is 2.22 bits per heavy atom. The van der Waals surface area contributed by atoms with Gasteiger partial charge in [-0.05, 0) is 23.3 Å². The molecule has 1 unspecified atom stereocenters. The Morgan fingerprint density at radius 3 is 2.83 bits per heavy atom. The maximum atomic E-state index is 11.8. The standard InChI is InChI=1S/C10H19N5O2S/c1-7(2)6-11-9(17)8(3)18-10-12-13-14-15(10)4-5-16/h7-8,16H,4-6H2,1-3H3,(H,11,17). The van der Waals surface area contributed by atoms with Gasteiger partial charge in [0.1, 0.15) is 0 Å². The predicted octanol–water partition coefficient (Wildman–Crippen LogP) is -0.0818. The molecular weight excluding hydrogens is 254 g/mol. The van der Waals surface area contributed by atoms with Crippen LogP contribution in [0.1, 0.15) is 20.8 Å². The lowest BCUT2D eigenvalue weighted by atomic mass is 10.2. The van der Waals surface area contributed by atoms with E-state index >= 15 is 0 Å². The van der Waals surface area contributed by atoms with E-state index in [-0.39, 0.29) is 17.8 Å². The summed E-state index contributed by atoms with van der Waals surface area (Å²) in [5.41, 5.74) is 0. The van der Waals surface area contributed by atoms with Crippen LogP contribution in [0.25, 0.3) is 0 Å². The fraction of sp³-hybridized carbons (Fsp3) is 0.800. The molecule has 102 valence electrons. The summed E-state index contributed by atoms with van der Waals surface area (Å²) in [6, 6.07) is 0. The molecule has 8 heteroatoms. The largest absolute Gasteiger partial charge is 0.394 e. The maximum Gasteiger partial charge on any atom is 0.233 e. The summed E-state index contributed by atoms with van der Waals surface area (Å²) in [5, 5.41) is 23.1. The first-order chi connectivity index (χ1) is 8.54. The zero-order valence-electron chi connectivity index (χ0n) is 10.8. The second-order valence-corrected chi connectivity index (χ2v) is 5.62. The minimum atomic E-state index is -0.271. The molecule has 0 radical (unpaired) electrons. The first-order valence-corrected chi connectivity index (χ1v) is 6.74. The zero-order chi connectivity index (χ0) is 13.5. The number of rotatable bonds is 7. The molecule has 0 aliphatic carbocycles. The second-order valence-electron chi connectivity index (χ2n) is 4.31. The van der Waals surface area contributed by atoms with E-state index in [9.17, 15) is 4.79 Å². The molecule has 0 aliphatic heterocycles. The number of aliphatic hydroxyl groups excluding tert-OH is 1. The Bertz CT molecular complexity index is 382. The third kappa shape index (κ3) is 4.61. The molecule has 1 heterocycles. The van der Waals surface area contributed by atoms with Gasteiger partial charge in [0.25, 0.3) is 0 Å². The van der Waals surface area contributed by atoms with Crippen molar-refractivity contribution in [3.8, 4) is 0 Å². The molecule has 1 amide bonds. The van der Waals surface area contributed by atoms with Crippen LogP contribution in [-0.4, -0.2) is 49.6 Å². The average Bonchev–Trinajstić information content (AvgIpc) is 2.74. The first kappa shape index (κ1) is 14.9. The van der Waals surface area contributed by atoms with Crippen LogP contribution < -0.4 is 5.32 Å². The van der Waals surface area contributed by atoms with Crippen molar-refractivity contribution in [2.24, 2.45) is 5.92 Å². The molecule has 7 nitrogen and oxygen atoms in total. The van der Waals surface area contributed by atoms with E-state index in [1.807, 2.05) is 13.8 Å². The highest BCUT2D eigenvalue weighted by molar-refractivity contribution is 8.00. The molecule has 0 saturated heterocycles. The molecule has 0 aliphatic rings. The van der Waals surface area contributed by atoms with Gasteiger partial charge < -0.3 is 10.4 Å². The minimum Gasteiger partial charge on any atom is -0.394 e.